The Morgan fingerprint density at radius 3 is 2.73 bits per heavy atom. The van der Waals surface area contributed by atoms with Gasteiger partial charge in [0.25, 0.3) is 0 Å². The quantitative estimate of drug-likeness (QED) is 0.785. The summed E-state index contributed by atoms with van der Waals surface area (Å²) in [5.74, 6) is 1.32. The van der Waals surface area contributed by atoms with E-state index in [1.165, 1.54) is 32.4 Å². The van der Waals surface area contributed by atoms with Crippen LogP contribution in [0.1, 0.15) is 52.4 Å². The highest BCUT2D eigenvalue weighted by Gasteiger charge is 2.28. The van der Waals surface area contributed by atoms with E-state index in [0.717, 1.165) is 44.8 Å². The van der Waals surface area contributed by atoms with Crippen molar-refractivity contribution in [2.24, 2.45) is 11.8 Å². The number of likely N-dealkylation sites (tertiary alicyclic amines) is 1. The Kier molecular flexibility index (Phi) is 9.37. The van der Waals surface area contributed by atoms with Gasteiger partial charge in [0.1, 0.15) is 0 Å². The molecule has 2 fully saturated rings. The Morgan fingerprint density at radius 2 is 2.05 bits per heavy atom. The lowest BCUT2D eigenvalue weighted by Gasteiger charge is -2.36. The molecule has 0 radical (unpaired) electrons. The number of carbonyl (C=O) groups excluding carboxylic acids is 1. The molecule has 22 heavy (non-hydrogen) atoms. The van der Waals surface area contributed by atoms with Crippen LogP contribution < -0.4 is 10.6 Å². The molecule has 1 amide bonds. The van der Waals surface area contributed by atoms with Gasteiger partial charge in [-0.3, -0.25) is 4.79 Å². The summed E-state index contributed by atoms with van der Waals surface area (Å²) >= 11 is 0. The summed E-state index contributed by atoms with van der Waals surface area (Å²) in [4.78, 5) is 14.9. The van der Waals surface area contributed by atoms with E-state index in [1.807, 2.05) is 0 Å². The molecular formula is C17H34ClN3O. The first-order chi connectivity index (χ1) is 10.2. The molecule has 0 aromatic rings. The van der Waals surface area contributed by atoms with Crippen LogP contribution in [0.15, 0.2) is 0 Å². The van der Waals surface area contributed by atoms with Crippen LogP contribution in [0, 0.1) is 11.8 Å². The summed E-state index contributed by atoms with van der Waals surface area (Å²) < 4.78 is 0. The predicted octanol–water partition coefficient (Wildman–Crippen LogP) is 2.42. The summed E-state index contributed by atoms with van der Waals surface area (Å²) in [5, 5.41) is 6.63. The molecule has 5 heteroatoms. The van der Waals surface area contributed by atoms with Gasteiger partial charge in [-0.05, 0) is 64.6 Å². The molecule has 2 atom stereocenters. The number of rotatable bonds is 6. The first kappa shape index (κ1) is 19.7. The van der Waals surface area contributed by atoms with Gasteiger partial charge in [0.2, 0.25) is 5.91 Å². The molecule has 0 bridgehead atoms. The summed E-state index contributed by atoms with van der Waals surface area (Å²) in [6, 6.07) is 0.322. The molecular weight excluding hydrogens is 298 g/mol. The zero-order valence-corrected chi connectivity index (χ0v) is 15.1. The van der Waals surface area contributed by atoms with Crippen molar-refractivity contribution < 1.29 is 4.79 Å². The molecule has 0 aliphatic carbocycles. The average Bonchev–Trinajstić information content (AvgIpc) is 2.49. The fraction of sp³-hybridized carbons (Fsp3) is 0.941. The van der Waals surface area contributed by atoms with Crippen LogP contribution in [-0.4, -0.2) is 49.6 Å². The van der Waals surface area contributed by atoms with Gasteiger partial charge in [-0.2, -0.15) is 0 Å². The molecule has 2 heterocycles. The van der Waals surface area contributed by atoms with Gasteiger partial charge >= 0.3 is 0 Å². The third kappa shape index (κ3) is 6.43. The molecule has 0 aromatic carbocycles. The van der Waals surface area contributed by atoms with Crippen molar-refractivity contribution in [1.82, 2.24) is 15.5 Å². The van der Waals surface area contributed by atoms with Gasteiger partial charge in [0, 0.05) is 19.1 Å². The van der Waals surface area contributed by atoms with Crippen molar-refractivity contribution in [3.05, 3.63) is 0 Å². The second kappa shape index (κ2) is 10.5. The highest BCUT2D eigenvalue weighted by atomic mass is 35.5. The van der Waals surface area contributed by atoms with Gasteiger partial charge < -0.3 is 15.5 Å². The lowest BCUT2D eigenvalue weighted by atomic mass is 9.93. The average molecular weight is 332 g/mol. The topological polar surface area (TPSA) is 44.4 Å². The first-order valence-corrected chi connectivity index (χ1v) is 8.92. The molecule has 2 N–H and O–H groups in total. The van der Waals surface area contributed by atoms with Gasteiger partial charge in [-0.15, -0.1) is 12.4 Å². The lowest BCUT2D eigenvalue weighted by Crippen LogP contribution is -2.47. The standard InChI is InChI=1S/C17H33N3O.ClH/c1-3-5-14(2)19-17(21)16-6-4-11-20(13-16)12-15-7-9-18-10-8-15;/h14-16,18H,3-13H2,1-2H3,(H,19,21);1H. The van der Waals surface area contributed by atoms with Gasteiger partial charge in [-0.25, -0.2) is 0 Å². The van der Waals surface area contributed by atoms with Crippen LogP contribution in [-0.2, 0) is 4.79 Å². The fourth-order valence-corrected chi connectivity index (χ4v) is 3.73. The van der Waals surface area contributed by atoms with E-state index >= 15 is 0 Å². The van der Waals surface area contributed by atoms with Crippen LogP contribution in [0.2, 0.25) is 0 Å². The fourth-order valence-electron chi connectivity index (χ4n) is 3.73. The number of nitrogens with zero attached hydrogens (tertiary/aromatic N) is 1. The zero-order chi connectivity index (χ0) is 15.1. The minimum atomic E-state index is 0. The molecule has 2 rings (SSSR count). The summed E-state index contributed by atoms with van der Waals surface area (Å²) in [5.41, 5.74) is 0. The SMILES string of the molecule is CCCC(C)NC(=O)C1CCCN(CC2CCNCC2)C1.Cl. The smallest absolute Gasteiger partial charge is 0.224 e. The zero-order valence-electron chi connectivity index (χ0n) is 14.3. The minimum Gasteiger partial charge on any atom is -0.353 e. The molecule has 130 valence electrons. The Bertz CT molecular complexity index is 321. The summed E-state index contributed by atoms with van der Waals surface area (Å²) in [6.07, 6.45) is 7.03. The number of amides is 1. The molecule has 0 spiro atoms. The van der Waals surface area contributed by atoms with Gasteiger partial charge in [-0.1, -0.05) is 13.3 Å². The second-order valence-electron chi connectivity index (χ2n) is 6.99. The number of nitrogens with one attached hydrogen (secondary N) is 2. The number of piperidine rings is 2. The third-order valence-corrected chi connectivity index (χ3v) is 4.96. The van der Waals surface area contributed by atoms with Gasteiger partial charge in [0.15, 0.2) is 0 Å². The van der Waals surface area contributed by atoms with E-state index < -0.39 is 0 Å². The van der Waals surface area contributed by atoms with E-state index in [2.05, 4.69) is 29.4 Å². The largest absolute Gasteiger partial charge is 0.353 e. The highest BCUT2D eigenvalue weighted by Crippen LogP contribution is 2.21. The number of hydrogen-bond acceptors (Lipinski definition) is 3. The predicted molar refractivity (Wildman–Crippen MR) is 94.5 cm³/mol. The van der Waals surface area contributed by atoms with Crippen LogP contribution in [0.5, 0.6) is 0 Å². The van der Waals surface area contributed by atoms with Crippen LogP contribution >= 0.6 is 12.4 Å². The van der Waals surface area contributed by atoms with E-state index in [4.69, 9.17) is 0 Å². The van der Waals surface area contributed by atoms with Crippen molar-refractivity contribution in [3.63, 3.8) is 0 Å². The van der Waals surface area contributed by atoms with Gasteiger partial charge in [0.05, 0.1) is 5.92 Å². The Balaban J connectivity index is 0.00000242. The summed E-state index contributed by atoms with van der Waals surface area (Å²) in [7, 11) is 0. The van der Waals surface area contributed by atoms with Crippen molar-refractivity contribution >= 4 is 18.3 Å². The van der Waals surface area contributed by atoms with Crippen LogP contribution in [0.25, 0.3) is 0 Å². The molecule has 2 unspecified atom stereocenters. The van der Waals surface area contributed by atoms with Crippen molar-refractivity contribution in [2.75, 3.05) is 32.7 Å². The molecule has 2 aliphatic rings. The Hall–Kier alpha value is -0.320. The Labute approximate surface area is 142 Å². The molecule has 4 nitrogen and oxygen atoms in total. The van der Waals surface area contributed by atoms with E-state index in [0.29, 0.717) is 6.04 Å². The normalized spacial score (nSPS) is 25.3. The Morgan fingerprint density at radius 1 is 1.32 bits per heavy atom. The number of hydrogen-bond donors (Lipinski definition) is 2. The van der Waals surface area contributed by atoms with Crippen molar-refractivity contribution in [1.29, 1.82) is 0 Å². The molecule has 2 aliphatic heterocycles. The van der Waals surface area contributed by atoms with E-state index in [1.54, 1.807) is 0 Å². The number of carbonyl (C=O) groups is 1. The maximum absolute atomic E-state index is 12.4. The van der Waals surface area contributed by atoms with Crippen LogP contribution in [0.4, 0.5) is 0 Å². The highest BCUT2D eigenvalue weighted by molar-refractivity contribution is 5.85. The maximum atomic E-state index is 12.4. The lowest BCUT2D eigenvalue weighted by molar-refractivity contribution is -0.127. The first-order valence-electron chi connectivity index (χ1n) is 8.92. The monoisotopic (exact) mass is 331 g/mol. The third-order valence-electron chi connectivity index (χ3n) is 4.96. The minimum absolute atomic E-state index is 0. The molecule has 0 aromatic heterocycles. The number of halogens is 1. The van der Waals surface area contributed by atoms with E-state index in [-0.39, 0.29) is 24.2 Å². The summed E-state index contributed by atoms with van der Waals surface area (Å²) in [6.45, 7) is 9.96. The second-order valence-corrected chi connectivity index (χ2v) is 6.99. The maximum Gasteiger partial charge on any atom is 0.224 e. The van der Waals surface area contributed by atoms with E-state index in [9.17, 15) is 4.79 Å². The van der Waals surface area contributed by atoms with Crippen LogP contribution in [0.3, 0.4) is 0 Å². The van der Waals surface area contributed by atoms with Crippen molar-refractivity contribution in [3.8, 4) is 0 Å². The molecule has 0 saturated carbocycles. The van der Waals surface area contributed by atoms with Crippen molar-refractivity contribution in [2.45, 2.75) is 58.4 Å². The molecule has 2 saturated heterocycles.